The number of benzene rings is 2. The van der Waals surface area contributed by atoms with Gasteiger partial charge < -0.3 is 16.0 Å². The van der Waals surface area contributed by atoms with Crippen molar-refractivity contribution < 1.29 is 9.32 Å². The van der Waals surface area contributed by atoms with Crippen LogP contribution in [-0.2, 0) is 0 Å². The number of nitrogens with one attached hydrogen (secondary N) is 3. The van der Waals surface area contributed by atoms with E-state index in [9.17, 15) is 9.59 Å². The van der Waals surface area contributed by atoms with Crippen LogP contribution in [0.5, 0.6) is 0 Å². The number of halogens is 1. The van der Waals surface area contributed by atoms with Gasteiger partial charge in [-0.1, -0.05) is 33.2 Å². The van der Waals surface area contributed by atoms with E-state index < -0.39 is 5.76 Å². The number of carbonyl (C=O) groups is 1. The highest BCUT2D eigenvalue weighted by molar-refractivity contribution is 9.10. The molecule has 9 heteroatoms. The van der Waals surface area contributed by atoms with E-state index in [0.717, 1.165) is 9.86 Å². The number of aromatic nitrogens is 3. The van der Waals surface area contributed by atoms with E-state index in [1.54, 1.807) is 30.3 Å². The normalized spacial score (nSPS) is 11.0. The molecule has 0 radical (unpaired) electrons. The van der Waals surface area contributed by atoms with Crippen LogP contribution in [-0.4, -0.2) is 21.0 Å². The summed E-state index contributed by atoms with van der Waals surface area (Å²) in [4.78, 5) is 29.4. The summed E-state index contributed by atoms with van der Waals surface area (Å²) in [5, 5.41) is 7.32. The summed E-state index contributed by atoms with van der Waals surface area (Å²) in [6.45, 7) is 0. The molecule has 4 aromatic rings. The molecule has 0 unspecified atom stereocenters. The van der Waals surface area contributed by atoms with Crippen LogP contribution in [0.1, 0.15) is 10.5 Å². The molecule has 0 aliphatic heterocycles. The average molecular weight is 414 g/mol. The predicted octanol–water partition coefficient (Wildman–Crippen LogP) is 3.11. The third-order valence-electron chi connectivity index (χ3n) is 3.86. The summed E-state index contributed by atoms with van der Waals surface area (Å²) in [5.41, 5.74) is 8.52. The number of nitrogen functional groups attached to an aromatic ring is 1. The Morgan fingerprint density at radius 3 is 2.77 bits per heavy atom. The van der Waals surface area contributed by atoms with Crippen molar-refractivity contribution >= 4 is 44.1 Å². The number of hydrogen-bond acceptors (Lipinski definition) is 5. The molecule has 0 saturated carbocycles. The van der Waals surface area contributed by atoms with Crippen LogP contribution >= 0.6 is 15.9 Å². The number of hydrogen-bond donors (Lipinski definition) is 4. The Labute approximate surface area is 154 Å². The number of para-hydroxylation sites is 1. The van der Waals surface area contributed by atoms with E-state index in [4.69, 9.17) is 5.73 Å². The molecule has 5 N–H and O–H groups in total. The molecular weight excluding hydrogens is 402 g/mol. The molecule has 26 heavy (non-hydrogen) atoms. The van der Waals surface area contributed by atoms with Gasteiger partial charge in [0.1, 0.15) is 5.69 Å². The summed E-state index contributed by atoms with van der Waals surface area (Å²) < 4.78 is 5.30. The van der Waals surface area contributed by atoms with E-state index >= 15 is 0 Å². The van der Waals surface area contributed by atoms with Crippen molar-refractivity contribution in [1.82, 2.24) is 15.1 Å². The maximum atomic E-state index is 12.7. The number of aromatic amines is 2. The quantitative estimate of drug-likeness (QED) is 0.383. The van der Waals surface area contributed by atoms with Crippen LogP contribution in [0.2, 0.25) is 0 Å². The zero-order valence-electron chi connectivity index (χ0n) is 13.2. The molecule has 2 aromatic heterocycles. The highest BCUT2D eigenvalue weighted by atomic mass is 79.9. The SMILES string of the molecule is Nc1cccc2cc(C(=O)Nc3ccc(Br)cc3-c3noc(=O)[nH]3)[nH]c12. The molecule has 2 heterocycles. The summed E-state index contributed by atoms with van der Waals surface area (Å²) >= 11 is 3.36. The minimum absolute atomic E-state index is 0.215. The van der Waals surface area contributed by atoms with Crippen molar-refractivity contribution in [2.75, 3.05) is 11.1 Å². The molecule has 0 spiro atoms. The van der Waals surface area contributed by atoms with E-state index in [1.165, 1.54) is 0 Å². The van der Waals surface area contributed by atoms with Crippen LogP contribution in [0, 0.1) is 0 Å². The Morgan fingerprint density at radius 2 is 2.04 bits per heavy atom. The Morgan fingerprint density at radius 1 is 1.19 bits per heavy atom. The highest BCUT2D eigenvalue weighted by Crippen LogP contribution is 2.29. The third kappa shape index (κ3) is 2.88. The van der Waals surface area contributed by atoms with Gasteiger partial charge in [0.25, 0.3) is 5.91 Å². The first-order valence-corrected chi connectivity index (χ1v) is 8.35. The Balaban J connectivity index is 1.71. The van der Waals surface area contributed by atoms with Crippen LogP contribution in [0.4, 0.5) is 11.4 Å². The molecule has 0 aliphatic rings. The molecule has 0 atom stereocenters. The summed E-state index contributed by atoms with van der Waals surface area (Å²) in [6.07, 6.45) is 0. The van der Waals surface area contributed by atoms with E-state index in [0.29, 0.717) is 28.1 Å². The van der Waals surface area contributed by atoms with Gasteiger partial charge in [-0.15, -0.1) is 0 Å². The Hall–Kier alpha value is -3.33. The summed E-state index contributed by atoms with van der Waals surface area (Å²) in [6, 6.07) is 12.3. The van der Waals surface area contributed by atoms with Gasteiger partial charge in [0.05, 0.1) is 16.9 Å². The fourth-order valence-corrected chi connectivity index (χ4v) is 3.02. The van der Waals surface area contributed by atoms with Gasteiger partial charge in [-0.05, 0) is 30.3 Å². The second-order valence-electron chi connectivity index (χ2n) is 5.58. The standard InChI is InChI=1S/C17H12BrN5O3/c18-9-4-5-12(10(7-9)15-22-17(25)26-23-15)21-16(24)13-6-8-2-1-3-11(19)14(8)20-13/h1-7,20H,19H2,(H,21,24)(H,22,23,25). The van der Waals surface area contributed by atoms with Crippen molar-refractivity contribution in [2.24, 2.45) is 0 Å². The molecular formula is C17H12BrN5O3. The van der Waals surface area contributed by atoms with Crippen LogP contribution < -0.4 is 16.8 Å². The second kappa shape index (κ2) is 6.19. The summed E-state index contributed by atoms with van der Waals surface area (Å²) in [7, 11) is 0. The maximum absolute atomic E-state index is 12.7. The minimum Gasteiger partial charge on any atom is -0.397 e. The first kappa shape index (κ1) is 16.2. The lowest BCUT2D eigenvalue weighted by Crippen LogP contribution is -2.13. The maximum Gasteiger partial charge on any atom is 0.439 e. The van der Waals surface area contributed by atoms with Crippen molar-refractivity contribution in [3.63, 3.8) is 0 Å². The number of nitrogens with two attached hydrogens (primary N) is 1. The van der Waals surface area contributed by atoms with Crippen LogP contribution in [0.3, 0.4) is 0 Å². The molecule has 1 amide bonds. The molecule has 0 bridgehead atoms. The smallest absolute Gasteiger partial charge is 0.397 e. The van der Waals surface area contributed by atoms with E-state index in [-0.39, 0.29) is 11.7 Å². The van der Waals surface area contributed by atoms with Gasteiger partial charge in [0.2, 0.25) is 0 Å². The van der Waals surface area contributed by atoms with Gasteiger partial charge >= 0.3 is 5.76 Å². The van der Waals surface area contributed by atoms with Crippen LogP contribution in [0.15, 0.2) is 56.3 Å². The lowest BCUT2D eigenvalue weighted by molar-refractivity contribution is 0.102. The van der Waals surface area contributed by atoms with Crippen molar-refractivity contribution in [1.29, 1.82) is 0 Å². The van der Waals surface area contributed by atoms with Crippen LogP contribution in [0.25, 0.3) is 22.3 Å². The van der Waals surface area contributed by atoms with Crippen molar-refractivity contribution in [2.45, 2.75) is 0 Å². The molecule has 0 fully saturated rings. The fourth-order valence-electron chi connectivity index (χ4n) is 2.66. The monoisotopic (exact) mass is 413 g/mol. The molecule has 4 rings (SSSR count). The number of anilines is 2. The first-order chi connectivity index (χ1) is 12.5. The van der Waals surface area contributed by atoms with Gasteiger partial charge in [-0.2, -0.15) is 0 Å². The Bertz CT molecular complexity index is 1190. The molecule has 0 aliphatic carbocycles. The topological polar surface area (TPSA) is 130 Å². The van der Waals surface area contributed by atoms with E-state index in [2.05, 4.69) is 40.9 Å². The minimum atomic E-state index is -0.677. The first-order valence-electron chi connectivity index (χ1n) is 7.56. The molecule has 2 aromatic carbocycles. The number of nitrogens with zero attached hydrogens (tertiary/aromatic N) is 1. The molecule has 130 valence electrons. The van der Waals surface area contributed by atoms with Crippen molar-refractivity contribution in [3.05, 3.63) is 63.2 Å². The van der Waals surface area contributed by atoms with Crippen molar-refractivity contribution in [3.8, 4) is 11.4 Å². The molecule has 0 saturated heterocycles. The number of carbonyl (C=O) groups excluding carboxylic acids is 1. The van der Waals surface area contributed by atoms with Gasteiger partial charge in [0.15, 0.2) is 5.82 Å². The zero-order chi connectivity index (χ0) is 18.3. The number of H-pyrrole nitrogens is 2. The number of amides is 1. The lowest BCUT2D eigenvalue weighted by Gasteiger charge is -2.09. The number of fused-ring (bicyclic) bond motifs is 1. The fraction of sp³-hybridized carbons (Fsp3) is 0. The predicted molar refractivity (Wildman–Crippen MR) is 101 cm³/mol. The van der Waals surface area contributed by atoms with Gasteiger partial charge in [-0.25, -0.2) is 4.79 Å². The number of rotatable bonds is 3. The highest BCUT2D eigenvalue weighted by Gasteiger charge is 2.16. The Kier molecular flexibility index (Phi) is 3.85. The lowest BCUT2D eigenvalue weighted by atomic mass is 10.1. The van der Waals surface area contributed by atoms with Gasteiger partial charge in [0, 0.05) is 15.4 Å². The zero-order valence-corrected chi connectivity index (χ0v) is 14.8. The van der Waals surface area contributed by atoms with Gasteiger partial charge in [-0.3, -0.25) is 14.3 Å². The second-order valence-corrected chi connectivity index (χ2v) is 6.50. The summed E-state index contributed by atoms with van der Waals surface area (Å²) in [5.74, 6) is -0.814. The average Bonchev–Trinajstić information content (AvgIpc) is 3.23. The molecule has 8 nitrogen and oxygen atoms in total. The van der Waals surface area contributed by atoms with E-state index in [1.807, 2.05) is 12.1 Å². The third-order valence-corrected chi connectivity index (χ3v) is 4.35. The largest absolute Gasteiger partial charge is 0.439 e.